The summed E-state index contributed by atoms with van der Waals surface area (Å²) in [6.07, 6.45) is -0.952. The molecule has 0 radical (unpaired) electrons. The van der Waals surface area contributed by atoms with Crippen molar-refractivity contribution in [3.63, 3.8) is 0 Å². The number of rotatable bonds is 5. The molecule has 1 aromatic rings. The van der Waals surface area contributed by atoms with Crippen LogP contribution in [0.4, 0.5) is 4.79 Å². The van der Waals surface area contributed by atoms with Crippen molar-refractivity contribution in [2.24, 2.45) is 5.92 Å². The van der Waals surface area contributed by atoms with Gasteiger partial charge in [0.15, 0.2) is 0 Å². The van der Waals surface area contributed by atoms with Crippen molar-refractivity contribution in [1.29, 1.82) is 0 Å². The van der Waals surface area contributed by atoms with E-state index in [1.54, 1.807) is 27.7 Å². The molecule has 1 aliphatic carbocycles. The molecule has 1 aromatic carbocycles. The summed E-state index contributed by atoms with van der Waals surface area (Å²) < 4.78 is 38.9. The number of esters is 1. The predicted molar refractivity (Wildman–Crippen MR) is 97.0 cm³/mol. The summed E-state index contributed by atoms with van der Waals surface area (Å²) in [5.74, 6) is -1.41. The summed E-state index contributed by atoms with van der Waals surface area (Å²) in [5.41, 5.74) is -1.44. The molecule has 2 fully saturated rings. The number of amides is 1. The van der Waals surface area contributed by atoms with E-state index >= 15 is 0 Å². The van der Waals surface area contributed by atoms with Crippen LogP contribution in [-0.4, -0.2) is 49.1 Å². The number of nitrogens with zero attached hydrogens (tertiary/aromatic N) is 1. The highest BCUT2D eigenvalue weighted by atomic mass is 32.2. The van der Waals surface area contributed by atoms with Crippen molar-refractivity contribution in [3.8, 4) is 0 Å². The minimum atomic E-state index is -4.27. The molecule has 1 saturated heterocycles. The highest BCUT2D eigenvalue weighted by Crippen LogP contribution is 2.58. The monoisotopic (exact) mass is 396 g/mol. The van der Waals surface area contributed by atoms with Crippen LogP contribution in [0.5, 0.6) is 0 Å². The fourth-order valence-electron chi connectivity index (χ4n) is 3.51. The van der Waals surface area contributed by atoms with Crippen LogP contribution in [-0.2, 0) is 24.5 Å². The highest BCUT2D eigenvalue weighted by Gasteiger charge is 2.71. The third-order valence-corrected chi connectivity index (χ3v) is 6.31. The van der Waals surface area contributed by atoms with Crippen LogP contribution in [0.2, 0.25) is 0 Å². The summed E-state index contributed by atoms with van der Waals surface area (Å²) in [6, 6.07) is 9.17. The molecular weight excluding hydrogens is 372 g/mol. The summed E-state index contributed by atoms with van der Waals surface area (Å²) in [5, 5.41) is 0. The molecule has 0 bridgehead atoms. The molecule has 1 aliphatic heterocycles. The van der Waals surface area contributed by atoms with E-state index in [-0.39, 0.29) is 19.1 Å². The van der Waals surface area contributed by atoms with Gasteiger partial charge in [0.25, 0.3) is 0 Å². The van der Waals surface area contributed by atoms with Crippen LogP contribution < -0.4 is 4.72 Å². The van der Waals surface area contributed by atoms with Crippen molar-refractivity contribution < 1.29 is 27.5 Å². The molecule has 8 nitrogen and oxygen atoms in total. The molecule has 27 heavy (non-hydrogen) atoms. The minimum absolute atomic E-state index is 0.0170. The lowest BCUT2D eigenvalue weighted by atomic mass is 10.1. The van der Waals surface area contributed by atoms with E-state index in [1.807, 2.05) is 30.3 Å². The maximum Gasteiger partial charge on any atom is 0.424 e. The van der Waals surface area contributed by atoms with Crippen molar-refractivity contribution in [2.45, 2.75) is 44.8 Å². The molecule has 2 aliphatic rings. The molecule has 1 N–H and O–H groups in total. The standard InChI is InChI=1S/C18H24N2O6S/c1-12-14(13-8-6-5-7-9-13)18(12,15(21)26-17(2,3)4)19-27(23,24)20-10-11-25-16(20)22/h5-9,12,14,19H,10-11H2,1-4H3/t12-,14?,18+/m1/s1. The van der Waals surface area contributed by atoms with E-state index < -0.39 is 39.3 Å². The Morgan fingerprint density at radius 3 is 2.44 bits per heavy atom. The molecule has 1 saturated carbocycles. The molecule has 0 aromatic heterocycles. The summed E-state index contributed by atoms with van der Waals surface area (Å²) >= 11 is 0. The Morgan fingerprint density at radius 2 is 1.93 bits per heavy atom. The fraction of sp³-hybridized carbons (Fsp3) is 0.556. The number of nitrogens with one attached hydrogen (secondary N) is 1. The molecule has 0 spiro atoms. The van der Waals surface area contributed by atoms with Crippen molar-refractivity contribution in [1.82, 2.24) is 9.03 Å². The molecule has 1 amide bonds. The zero-order chi connectivity index (χ0) is 20.0. The lowest BCUT2D eigenvalue weighted by molar-refractivity contribution is -0.158. The first-order chi connectivity index (χ1) is 12.5. The second kappa shape index (κ2) is 6.49. The van der Waals surface area contributed by atoms with Gasteiger partial charge in [-0.15, -0.1) is 0 Å². The second-order valence-electron chi connectivity index (χ2n) is 7.84. The molecular formula is C18H24N2O6S. The van der Waals surface area contributed by atoms with Gasteiger partial charge in [0, 0.05) is 5.92 Å². The van der Waals surface area contributed by atoms with Gasteiger partial charge >= 0.3 is 22.3 Å². The summed E-state index contributed by atoms with van der Waals surface area (Å²) in [7, 11) is -4.27. The van der Waals surface area contributed by atoms with Gasteiger partial charge in [0.2, 0.25) is 0 Å². The van der Waals surface area contributed by atoms with Gasteiger partial charge in [-0.25, -0.2) is 9.59 Å². The smallest absolute Gasteiger partial charge is 0.424 e. The maximum absolute atomic E-state index is 13.0. The van der Waals surface area contributed by atoms with Crippen LogP contribution >= 0.6 is 0 Å². The van der Waals surface area contributed by atoms with E-state index in [0.717, 1.165) is 5.56 Å². The number of hydrogen-bond acceptors (Lipinski definition) is 6. The van der Waals surface area contributed by atoms with Crippen LogP contribution in [0.25, 0.3) is 0 Å². The Kier molecular flexibility index (Phi) is 4.72. The first-order valence-electron chi connectivity index (χ1n) is 8.76. The van der Waals surface area contributed by atoms with E-state index in [9.17, 15) is 18.0 Å². The number of carbonyl (C=O) groups is 2. The zero-order valence-electron chi connectivity index (χ0n) is 15.8. The number of ether oxygens (including phenoxy) is 2. The number of hydrogen-bond donors (Lipinski definition) is 1. The fourth-order valence-corrected chi connectivity index (χ4v) is 5.01. The van der Waals surface area contributed by atoms with Crippen LogP contribution in [0.1, 0.15) is 39.2 Å². The Balaban J connectivity index is 1.97. The Bertz CT molecular complexity index is 848. The number of cyclic esters (lactones) is 1. The molecule has 9 heteroatoms. The van der Waals surface area contributed by atoms with Gasteiger partial charge in [-0.1, -0.05) is 37.3 Å². The number of benzene rings is 1. The zero-order valence-corrected chi connectivity index (χ0v) is 16.6. The van der Waals surface area contributed by atoms with E-state index in [1.165, 1.54) is 0 Å². The third kappa shape index (κ3) is 3.53. The lowest BCUT2D eigenvalue weighted by Crippen LogP contribution is -2.53. The van der Waals surface area contributed by atoms with Crippen LogP contribution in [0, 0.1) is 5.92 Å². The average molecular weight is 396 g/mol. The Hall–Kier alpha value is -2.13. The molecule has 1 unspecified atom stereocenters. The van der Waals surface area contributed by atoms with Gasteiger partial charge in [-0.2, -0.15) is 17.4 Å². The van der Waals surface area contributed by atoms with Gasteiger partial charge < -0.3 is 9.47 Å². The van der Waals surface area contributed by atoms with Gasteiger partial charge in [0.1, 0.15) is 17.7 Å². The minimum Gasteiger partial charge on any atom is -0.459 e. The second-order valence-corrected chi connectivity index (χ2v) is 9.44. The van der Waals surface area contributed by atoms with Crippen LogP contribution in [0.15, 0.2) is 30.3 Å². The quantitative estimate of drug-likeness (QED) is 0.762. The van der Waals surface area contributed by atoms with E-state index in [4.69, 9.17) is 9.47 Å². The maximum atomic E-state index is 13.0. The predicted octanol–water partition coefficient (Wildman–Crippen LogP) is 1.79. The number of carbonyl (C=O) groups excluding carboxylic acids is 2. The SMILES string of the molecule is C[C@@H]1C(c2ccccc2)[C@]1(NS(=O)(=O)N1CCOC1=O)C(=O)OC(C)(C)C. The highest BCUT2D eigenvalue weighted by molar-refractivity contribution is 7.87. The molecule has 1 heterocycles. The topological polar surface area (TPSA) is 102 Å². The first kappa shape index (κ1) is 19.6. The Labute approximate surface area is 159 Å². The third-order valence-electron chi connectivity index (χ3n) is 4.81. The largest absolute Gasteiger partial charge is 0.459 e. The normalized spacial score (nSPS) is 28.0. The van der Waals surface area contributed by atoms with Crippen LogP contribution in [0.3, 0.4) is 0 Å². The van der Waals surface area contributed by atoms with Gasteiger partial charge in [-0.3, -0.25) is 0 Å². The Morgan fingerprint density at radius 1 is 1.30 bits per heavy atom. The molecule has 3 rings (SSSR count). The lowest BCUT2D eigenvalue weighted by Gasteiger charge is -2.27. The average Bonchev–Trinajstić information content (AvgIpc) is 2.90. The van der Waals surface area contributed by atoms with Crippen molar-refractivity contribution in [2.75, 3.05) is 13.2 Å². The molecule has 148 valence electrons. The van der Waals surface area contributed by atoms with Gasteiger partial charge in [0.05, 0.1) is 6.54 Å². The van der Waals surface area contributed by atoms with E-state index in [2.05, 4.69) is 4.72 Å². The molecule has 3 atom stereocenters. The van der Waals surface area contributed by atoms with Gasteiger partial charge in [-0.05, 0) is 32.3 Å². The van der Waals surface area contributed by atoms with E-state index in [0.29, 0.717) is 4.31 Å². The summed E-state index contributed by atoms with van der Waals surface area (Å²) in [4.78, 5) is 24.8. The van der Waals surface area contributed by atoms with Crippen molar-refractivity contribution in [3.05, 3.63) is 35.9 Å². The summed E-state index contributed by atoms with van der Waals surface area (Å²) in [6.45, 7) is 6.83. The van der Waals surface area contributed by atoms with Crippen molar-refractivity contribution >= 4 is 22.3 Å². The first-order valence-corrected chi connectivity index (χ1v) is 10.2.